The fourth-order valence-electron chi connectivity index (χ4n) is 2.24. The maximum absolute atomic E-state index is 5.87. The average molecular weight is 220 g/mol. The lowest BCUT2D eigenvalue weighted by Crippen LogP contribution is -2.23. The lowest BCUT2D eigenvalue weighted by molar-refractivity contribution is 0.415. The largest absolute Gasteiger partial charge is 0.497 e. The lowest BCUT2D eigenvalue weighted by atomic mass is 10.2. The van der Waals surface area contributed by atoms with E-state index in [0.717, 1.165) is 24.5 Å². The molecule has 0 aliphatic carbocycles. The minimum Gasteiger partial charge on any atom is -0.497 e. The van der Waals surface area contributed by atoms with Crippen molar-refractivity contribution in [3.05, 3.63) is 18.2 Å². The molecule has 0 bridgehead atoms. The maximum atomic E-state index is 5.87. The molecule has 1 saturated heterocycles. The molecule has 1 fully saturated rings. The van der Waals surface area contributed by atoms with Crippen molar-refractivity contribution in [1.29, 1.82) is 0 Å². The van der Waals surface area contributed by atoms with Crippen molar-refractivity contribution >= 4 is 11.4 Å². The van der Waals surface area contributed by atoms with Crippen LogP contribution in [0.25, 0.3) is 0 Å². The van der Waals surface area contributed by atoms with Crippen molar-refractivity contribution in [3.8, 4) is 5.75 Å². The minimum absolute atomic E-state index is 0.776. The summed E-state index contributed by atoms with van der Waals surface area (Å²) in [5.41, 5.74) is 7.84. The van der Waals surface area contributed by atoms with Crippen molar-refractivity contribution in [3.63, 3.8) is 0 Å². The second-order valence-electron chi connectivity index (χ2n) is 4.37. The predicted octanol–water partition coefficient (Wildman–Crippen LogP) is 2.66. The second-order valence-corrected chi connectivity index (χ2v) is 4.37. The van der Waals surface area contributed by atoms with E-state index < -0.39 is 0 Å². The van der Waals surface area contributed by atoms with Crippen LogP contribution in [-0.4, -0.2) is 20.2 Å². The molecule has 3 heteroatoms. The normalized spacial score (nSPS) is 16.9. The van der Waals surface area contributed by atoms with Crippen LogP contribution in [0.5, 0.6) is 5.75 Å². The number of nitrogen functional groups attached to an aromatic ring is 1. The van der Waals surface area contributed by atoms with Gasteiger partial charge in [0.25, 0.3) is 0 Å². The number of nitrogens with zero attached hydrogens (tertiary/aromatic N) is 1. The summed E-state index contributed by atoms with van der Waals surface area (Å²) in [4.78, 5) is 2.41. The maximum Gasteiger partial charge on any atom is 0.122 e. The van der Waals surface area contributed by atoms with Gasteiger partial charge in [-0.15, -0.1) is 0 Å². The standard InChI is InChI=1S/C13H20N2O/c1-16-13-9-11(14)8-12(10-13)15-6-4-2-3-5-7-15/h8-10H,2-7,14H2,1H3. The van der Waals surface area contributed by atoms with E-state index in [2.05, 4.69) is 11.0 Å². The van der Waals surface area contributed by atoms with Crippen LogP contribution < -0.4 is 15.4 Å². The summed E-state index contributed by atoms with van der Waals surface area (Å²) >= 11 is 0. The fraction of sp³-hybridized carbons (Fsp3) is 0.538. The summed E-state index contributed by atoms with van der Waals surface area (Å²) in [5.74, 6) is 0.847. The first-order chi connectivity index (χ1) is 7.79. The third-order valence-corrected chi connectivity index (χ3v) is 3.12. The van der Waals surface area contributed by atoms with Gasteiger partial charge in [-0.2, -0.15) is 0 Å². The van der Waals surface area contributed by atoms with Gasteiger partial charge in [-0.3, -0.25) is 0 Å². The fourth-order valence-corrected chi connectivity index (χ4v) is 2.24. The van der Waals surface area contributed by atoms with Gasteiger partial charge in [-0.1, -0.05) is 12.8 Å². The second kappa shape index (κ2) is 5.10. The molecule has 0 amide bonds. The van der Waals surface area contributed by atoms with Crippen LogP contribution in [0.4, 0.5) is 11.4 Å². The number of rotatable bonds is 2. The van der Waals surface area contributed by atoms with E-state index in [1.165, 1.54) is 31.4 Å². The molecule has 0 aromatic heterocycles. The molecule has 1 aromatic rings. The molecule has 2 rings (SSSR count). The van der Waals surface area contributed by atoms with Gasteiger partial charge in [0.1, 0.15) is 5.75 Å². The quantitative estimate of drug-likeness (QED) is 0.779. The van der Waals surface area contributed by atoms with Gasteiger partial charge in [0.15, 0.2) is 0 Å². The van der Waals surface area contributed by atoms with Gasteiger partial charge in [0.2, 0.25) is 0 Å². The molecular formula is C13H20N2O. The van der Waals surface area contributed by atoms with Crippen molar-refractivity contribution in [1.82, 2.24) is 0 Å². The molecule has 0 spiro atoms. The highest BCUT2D eigenvalue weighted by atomic mass is 16.5. The third kappa shape index (κ3) is 2.60. The molecule has 16 heavy (non-hydrogen) atoms. The number of nitrogens with two attached hydrogens (primary N) is 1. The first-order valence-corrected chi connectivity index (χ1v) is 5.99. The predicted molar refractivity (Wildman–Crippen MR) is 68.1 cm³/mol. The molecule has 3 nitrogen and oxygen atoms in total. The summed E-state index contributed by atoms with van der Waals surface area (Å²) in [5, 5.41) is 0. The summed E-state index contributed by atoms with van der Waals surface area (Å²) in [6.07, 6.45) is 5.24. The van der Waals surface area contributed by atoms with Crippen molar-refractivity contribution in [2.75, 3.05) is 30.8 Å². The third-order valence-electron chi connectivity index (χ3n) is 3.12. The number of hydrogen-bond donors (Lipinski definition) is 1. The van der Waals surface area contributed by atoms with Crippen LogP contribution >= 0.6 is 0 Å². The zero-order chi connectivity index (χ0) is 11.4. The molecular weight excluding hydrogens is 200 g/mol. The first kappa shape index (κ1) is 11.1. The Bertz CT molecular complexity index is 344. The molecule has 1 aromatic carbocycles. The SMILES string of the molecule is COc1cc(N)cc(N2CCCCCC2)c1. The van der Waals surface area contributed by atoms with Gasteiger partial charge in [0.05, 0.1) is 7.11 Å². The van der Waals surface area contributed by atoms with E-state index in [0.29, 0.717) is 0 Å². The van der Waals surface area contributed by atoms with Crippen LogP contribution in [0.3, 0.4) is 0 Å². The van der Waals surface area contributed by atoms with Crippen molar-refractivity contribution in [2.24, 2.45) is 0 Å². The van der Waals surface area contributed by atoms with Gasteiger partial charge in [-0.25, -0.2) is 0 Å². The van der Waals surface area contributed by atoms with Gasteiger partial charge >= 0.3 is 0 Å². The number of methoxy groups -OCH3 is 1. The molecule has 0 radical (unpaired) electrons. The molecule has 0 unspecified atom stereocenters. The number of benzene rings is 1. The molecule has 1 aliphatic heterocycles. The summed E-state index contributed by atoms with van der Waals surface area (Å²) in [6, 6.07) is 5.97. The van der Waals surface area contributed by atoms with Crippen LogP contribution in [0.1, 0.15) is 25.7 Å². The Balaban J connectivity index is 2.20. The number of hydrogen-bond acceptors (Lipinski definition) is 3. The lowest BCUT2D eigenvalue weighted by Gasteiger charge is -2.23. The van der Waals surface area contributed by atoms with E-state index in [1.54, 1.807) is 7.11 Å². The Kier molecular flexibility index (Phi) is 3.54. The molecule has 0 saturated carbocycles. The average Bonchev–Trinajstić information content (AvgIpc) is 2.56. The van der Waals surface area contributed by atoms with Crippen LogP contribution in [0, 0.1) is 0 Å². The Labute approximate surface area is 97.2 Å². The van der Waals surface area contributed by atoms with E-state index in [4.69, 9.17) is 10.5 Å². The molecule has 1 heterocycles. The van der Waals surface area contributed by atoms with Crippen molar-refractivity contribution in [2.45, 2.75) is 25.7 Å². The minimum atomic E-state index is 0.776. The smallest absolute Gasteiger partial charge is 0.122 e. The van der Waals surface area contributed by atoms with E-state index in [1.807, 2.05) is 12.1 Å². The van der Waals surface area contributed by atoms with Crippen LogP contribution in [0.15, 0.2) is 18.2 Å². The highest BCUT2D eigenvalue weighted by Gasteiger charge is 2.11. The molecule has 2 N–H and O–H groups in total. The monoisotopic (exact) mass is 220 g/mol. The molecule has 88 valence electrons. The molecule has 1 aliphatic rings. The van der Waals surface area contributed by atoms with Crippen LogP contribution in [-0.2, 0) is 0 Å². The zero-order valence-electron chi connectivity index (χ0n) is 9.91. The topological polar surface area (TPSA) is 38.5 Å². The highest BCUT2D eigenvalue weighted by molar-refractivity contribution is 5.60. The van der Waals surface area contributed by atoms with E-state index in [9.17, 15) is 0 Å². The first-order valence-electron chi connectivity index (χ1n) is 5.99. The highest BCUT2D eigenvalue weighted by Crippen LogP contribution is 2.27. The Morgan fingerprint density at radius 3 is 2.38 bits per heavy atom. The Morgan fingerprint density at radius 2 is 1.75 bits per heavy atom. The Morgan fingerprint density at radius 1 is 1.06 bits per heavy atom. The van der Waals surface area contributed by atoms with Crippen LogP contribution in [0.2, 0.25) is 0 Å². The molecule has 0 atom stereocenters. The summed E-state index contributed by atoms with van der Waals surface area (Å²) in [7, 11) is 1.68. The summed E-state index contributed by atoms with van der Waals surface area (Å²) in [6.45, 7) is 2.26. The zero-order valence-corrected chi connectivity index (χ0v) is 9.91. The van der Waals surface area contributed by atoms with Crippen molar-refractivity contribution < 1.29 is 4.74 Å². The van der Waals surface area contributed by atoms with E-state index in [-0.39, 0.29) is 0 Å². The Hall–Kier alpha value is -1.38. The van der Waals surface area contributed by atoms with Gasteiger partial charge in [0, 0.05) is 36.6 Å². The van der Waals surface area contributed by atoms with Gasteiger partial charge in [-0.05, 0) is 18.9 Å². The summed E-state index contributed by atoms with van der Waals surface area (Å²) < 4.78 is 5.25. The van der Waals surface area contributed by atoms with E-state index >= 15 is 0 Å². The van der Waals surface area contributed by atoms with Gasteiger partial charge < -0.3 is 15.4 Å². The number of anilines is 2. The number of ether oxygens (including phenoxy) is 1.